The maximum Gasteiger partial charge on any atom is 0.142 e. The van der Waals surface area contributed by atoms with Crippen LogP contribution in [0.25, 0.3) is 0 Å². The minimum Gasteiger partial charge on any atom is -0.490 e. The molecule has 0 unspecified atom stereocenters. The second-order valence-electron chi connectivity index (χ2n) is 10.0. The molecule has 1 N–H and O–H groups in total. The topological polar surface area (TPSA) is 81.6 Å². The quantitative estimate of drug-likeness (QED) is 0.167. The Morgan fingerprint density at radius 1 is 1.07 bits per heavy atom. The van der Waals surface area contributed by atoms with Gasteiger partial charge < -0.3 is 29.2 Å². The molecule has 212 valence electrons. The van der Waals surface area contributed by atoms with Crippen LogP contribution in [0.2, 0.25) is 0 Å². The van der Waals surface area contributed by atoms with Gasteiger partial charge in [0.25, 0.3) is 0 Å². The van der Waals surface area contributed by atoms with Crippen molar-refractivity contribution in [2.24, 2.45) is 5.18 Å². The van der Waals surface area contributed by atoms with Gasteiger partial charge in [-0.3, -0.25) is 0 Å². The molecule has 3 aromatic rings. The number of piperidine rings is 1. The first-order valence-corrected chi connectivity index (χ1v) is 15.0. The Hall–Kier alpha value is -3.11. The highest BCUT2D eigenvalue weighted by molar-refractivity contribution is 7.98. The number of fused-ring (bicyclic) bond motifs is 1. The summed E-state index contributed by atoms with van der Waals surface area (Å²) < 4.78 is 23.7. The van der Waals surface area contributed by atoms with E-state index in [1.165, 1.54) is 0 Å². The van der Waals surface area contributed by atoms with E-state index in [4.69, 9.17) is 18.9 Å². The highest BCUT2D eigenvalue weighted by Gasteiger charge is 2.36. The Balaban J connectivity index is 1.27. The van der Waals surface area contributed by atoms with E-state index in [0.717, 1.165) is 65.1 Å². The number of methoxy groups -OCH3 is 1. The number of thioether (sulfide) groups is 1. The molecule has 0 aliphatic carbocycles. The summed E-state index contributed by atoms with van der Waals surface area (Å²) in [4.78, 5) is 15.3. The molecule has 0 amide bonds. The third-order valence-electron chi connectivity index (χ3n) is 7.41. The summed E-state index contributed by atoms with van der Waals surface area (Å²) >= 11 is 1.68. The maximum atomic E-state index is 11.8. The molecule has 0 aromatic heterocycles. The second-order valence-corrected chi connectivity index (χ2v) is 10.9. The number of rotatable bonds is 12. The van der Waals surface area contributed by atoms with Crippen LogP contribution in [0.5, 0.6) is 17.2 Å². The fourth-order valence-corrected chi connectivity index (χ4v) is 5.83. The minimum absolute atomic E-state index is 0.154. The van der Waals surface area contributed by atoms with Crippen LogP contribution in [-0.4, -0.2) is 64.9 Å². The standard InChI is InChI=1S/C31H37N3O5S/c1-36-15-4-13-34-14-16-37-29-12-7-22(17-28(29)34)21-38-30-20-32-19-27(33-35)31(30)23-8-10-24(11-9-23)39-25-5-3-6-26(18-25)40-2/h3,5-12,17-18,27,30-32H,4,13-16,19-21H2,1-2H3/t27-,30+,31+/m1/s1. The number of hydrogen-bond acceptors (Lipinski definition) is 9. The van der Waals surface area contributed by atoms with Crippen molar-refractivity contribution in [1.82, 2.24) is 5.32 Å². The minimum atomic E-state index is -0.419. The van der Waals surface area contributed by atoms with E-state index in [-0.39, 0.29) is 12.0 Å². The molecule has 1 fully saturated rings. The molecule has 9 heteroatoms. The lowest BCUT2D eigenvalue weighted by molar-refractivity contribution is 0.00539. The third-order valence-corrected chi connectivity index (χ3v) is 8.14. The van der Waals surface area contributed by atoms with Crippen LogP contribution in [0.15, 0.2) is 76.8 Å². The molecule has 0 saturated carbocycles. The lowest BCUT2D eigenvalue weighted by atomic mass is 9.84. The van der Waals surface area contributed by atoms with Gasteiger partial charge in [-0.05, 0) is 66.3 Å². The Morgan fingerprint density at radius 3 is 2.75 bits per heavy atom. The van der Waals surface area contributed by atoms with Gasteiger partial charge in [0.1, 0.15) is 29.9 Å². The molecule has 0 radical (unpaired) electrons. The molecule has 2 aliphatic rings. The highest BCUT2D eigenvalue weighted by atomic mass is 32.2. The van der Waals surface area contributed by atoms with Gasteiger partial charge in [0.2, 0.25) is 0 Å². The SMILES string of the molecule is COCCCN1CCOc2ccc(CO[C@H]3CNC[C@@H](N=O)[C@@H]3c3ccc(Oc4cccc(SC)c4)cc3)cc21. The molecule has 5 rings (SSSR count). The molecule has 40 heavy (non-hydrogen) atoms. The Kier molecular flexibility index (Phi) is 9.94. The zero-order valence-corrected chi connectivity index (χ0v) is 23.9. The van der Waals surface area contributed by atoms with Crippen LogP contribution in [0.3, 0.4) is 0 Å². The van der Waals surface area contributed by atoms with Crippen molar-refractivity contribution in [1.29, 1.82) is 0 Å². The summed E-state index contributed by atoms with van der Waals surface area (Å²) in [6, 6.07) is 21.8. The summed E-state index contributed by atoms with van der Waals surface area (Å²) in [5.41, 5.74) is 3.18. The molecule has 0 bridgehead atoms. The van der Waals surface area contributed by atoms with Crippen molar-refractivity contribution >= 4 is 17.4 Å². The van der Waals surface area contributed by atoms with Crippen molar-refractivity contribution in [3.8, 4) is 17.2 Å². The van der Waals surface area contributed by atoms with E-state index in [2.05, 4.69) is 33.6 Å². The first kappa shape index (κ1) is 28.4. The smallest absolute Gasteiger partial charge is 0.142 e. The summed E-state index contributed by atoms with van der Waals surface area (Å²) in [6.07, 6.45) is 2.80. The maximum absolute atomic E-state index is 11.8. The van der Waals surface area contributed by atoms with Gasteiger partial charge in [0, 0.05) is 44.2 Å². The lowest BCUT2D eigenvalue weighted by Gasteiger charge is -2.36. The highest BCUT2D eigenvalue weighted by Crippen LogP contribution is 2.35. The van der Waals surface area contributed by atoms with E-state index < -0.39 is 6.04 Å². The normalized spacial score (nSPS) is 20.4. The van der Waals surface area contributed by atoms with E-state index in [1.54, 1.807) is 18.9 Å². The third kappa shape index (κ3) is 6.96. The monoisotopic (exact) mass is 563 g/mol. The molecule has 3 aromatic carbocycles. The van der Waals surface area contributed by atoms with Crippen LogP contribution in [0, 0.1) is 4.91 Å². The van der Waals surface area contributed by atoms with Crippen LogP contribution in [0.1, 0.15) is 23.5 Å². The first-order valence-electron chi connectivity index (χ1n) is 13.7. The van der Waals surface area contributed by atoms with Gasteiger partial charge in [-0.25, -0.2) is 0 Å². The fourth-order valence-electron chi connectivity index (χ4n) is 5.38. The van der Waals surface area contributed by atoms with Crippen LogP contribution in [0.4, 0.5) is 5.69 Å². The van der Waals surface area contributed by atoms with Gasteiger partial charge >= 0.3 is 0 Å². The van der Waals surface area contributed by atoms with Crippen molar-refractivity contribution in [3.05, 3.63) is 82.8 Å². The predicted octanol–water partition coefficient (Wildman–Crippen LogP) is 5.84. The summed E-state index contributed by atoms with van der Waals surface area (Å²) in [7, 11) is 1.73. The van der Waals surface area contributed by atoms with Gasteiger partial charge in [-0.2, -0.15) is 4.91 Å². The van der Waals surface area contributed by atoms with Gasteiger partial charge in [-0.15, -0.1) is 11.8 Å². The molecular weight excluding hydrogens is 526 g/mol. The van der Waals surface area contributed by atoms with Gasteiger partial charge in [0.05, 0.1) is 24.9 Å². The van der Waals surface area contributed by atoms with Crippen molar-refractivity contribution in [2.75, 3.05) is 57.7 Å². The predicted molar refractivity (Wildman–Crippen MR) is 159 cm³/mol. The molecule has 1 saturated heterocycles. The number of nitroso groups, excluding NO2 is 1. The van der Waals surface area contributed by atoms with Crippen molar-refractivity contribution < 1.29 is 18.9 Å². The Labute approximate surface area is 240 Å². The van der Waals surface area contributed by atoms with E-state index in [9.17, 15) is 4.91 Å². The molecular formula is C31H37N3O5S. The average molecular weight is 564 g/mol. The van der Waals surface area contributed by atoms with Crippen LogP contribution in [-0.2, 0) is 16.1 Å². The molecule has 0 spiro atoms. The first-order chi connectivity index (χ1) is 19.7. The number of ether oxygens (including phenoxy) is 4. The zero-order chi connectivity index (χ0) is 27.7. The lowest BCUT2D eigenvalue weighted by Crippen LogP contribution is -2.48. The molecule has 3 atom stereocenters. The molecule has 8 nitrogen and oxygen atoms in total. The Morgan fingerprint density at radius 2 is 1.95 bits per heavy atom. The van der Waals surface area contributed by atoms with Crippen molar-refractivity contribution in [3.63, 3.8) is 0 Å². The number of benzene rings is 3. The Bertz CT molecular complexity index is 1260. The van der Waals surface area contributed by atoms with Gasteiger partial charge in [-0.1, -0.05) is 29.4 Å². The van der Waals surface area contributed by atoms with E-state index in [0.29, 0.717) is 26.3 Å². The largest absolute Gasteiger partial charge is 0.490 e. The molecule has 2 aliphatic heterocycles. The number of nitrogens with one attached hydrogen (secondary N) is 1. The number of nitrogens with zero attached hydrogens (tertiary/aromatic N) is 2. The summed E-state index contributed by atoms with van der Waals surface area (Å²) in [5, 5.41) is 6.79. The van der Waals surface area contributed by atoms with Crippen molar-refractivity contribution in [2.45, 2.75) is 36.0 Å². The number of hydrogen-bond donors (Lipinski definition) is 1. The van der Waals surface area contributed by atoms with Gasteiger partial charge in [0.15, 0.2) is 0 Å². The second kappa shape index (κ2) is 14.0. The van der Waals surface area contributed by atoms with E-state index >= 15 is 0 Å². The van der Waals surface area contributed by atoms with Crippen LogP contribution >= 0.6 is 11.8 Å². The fraction of sp³-hybridized carbons (Fsp3) is 0.419. The molecule has 2 heterocycles. The number of anilines is 1. The zero-order valence-electron chi connectivity index (χ0n) is 23.1. The summed E-state index contributed by atoms with van der Waals surface area (Å²) in [5.74, 6) is 2.29. The van der Waals surface area contributed by atoms with E-state index in [1.807, 2.05) is 54.8 Å². The average Bonchev–Trinajstić information content (AvgIpc) is 3.00. The summed E-state index contributed by atoms with van der Waals surface area (Å²) in [6.45, 7) is 4.79. The van der Waals surface area contributed by atoms with Crippen LogP contribution < -0.4 is 19.7 Å².